The van der Waals surface area contributed by atoms with E-state index in [9.17, 15) is 4.79 Å². The molecule has 0 spiro atoms. The fraction of sp³-hybridized carbons (Fsp3) is 0.222. The number of nitrogen functional groups attached to an aromatic ring is 1. The largest absolute Gasteiger partial charge is 0.399 e. The van der Waals surface area contributed by atoms with Crippen molar-refractivity contribution in [3.63, 3.8) is 0 Å². The number of nitrogens with two attached hydrogens (primary N) is 2. The highest BCUT2D eigenvalue weighted by Gasteiger charge is 2.03. The maximum atomic E-state index is 10.6. The van der Waals surface area contributed by atoms with Crippen LogP contribution in [0.3, 0.4) is 0 Å². The lowest BCUT2D eigenvalue weighted by molar-refractivity contribution is -0.117. The fourth-order valence-electron chi connectivity index (χ4n) is 1.08. The third kappa shape index (κ3) is 1.75. The highest BCUT2D eigenvalue weighted by molar-refractivity contribution is 5.77. The number of rotatable bonds is 2. The molecule has 1 aromatic carbocycles. The summed E-state index contributed by atoms with van der Waals surface area (Å²) in [6.07, 6.45) is 0.261. The van der Waals surface area contributed by atoms with Crippen molar-refractivity contribution >= 4 is 11.6 Å². The molecule has 0 aliphatic heterocycles. The molecule has 0 fully saturated rings. The third-order valence-electron chi connectivity index (χ3n) is 1.85. The Bertz CT molecular complexity index is 307. The average molecular weight is 164 g/mol. The molecule has 0 saturated carbocycles. The number of carbonyl (C=O) groups excluding carboxylic acids is 1. The van der Waals surface area contributed by atoms with Crippen molar-refractivity contribution in [3.05, 3.63) is 29.3 Å². The molecular weight excluding hydrogens is 152 g/mol. The van der Waals surface area contributed by atoms with E-state index in [-0.39, 0.29) is 12.3 Å². The zero-order chi connectivity index (χ0) is 9.14. The van der Waals surface area contributed by atoms with Crippen LogP contribution in [0.2, 0.25) is 0 Å². The standard InChI is InChI=1S/C9H12N2O/c1-6-7(5-9(11)12)3-2-4-8(6)10/h2-4H,5,10H2,1H3,(H2,11,12). The summed E-state index contributed by atoms with van der Waals surface area (Å²) in [5.41, 5.74) is 13.3. The number of carbonyl (C=O) groups is 1. The topological polar surface area (TPSA) is 69.1 Å². The summed E-state index contributed by atoms with van der Waals surface area (Å²) in [6, 6.07) is 5.48. The minimum atomic E-state index is -0.330. The van der Waals surface area contributed by atoms with E-state index >= 15 is 0 Å². The van der Waals surface area contributed by atoms with Crippen LogP contribution in [0.5, 0.6) is 0 Å². The number of benzene rings is 1. The molecule has 4 N–H and O–H groups in total. The molecule has 64 valence electrons. The van der Waals surface area contributed by atoms with Gasteiger partial charge in [-0.2, -0.15) is 0 Å². The summed E-state index contributed by atoms with van der Waals surface area (Å²) in [4.78, 5) is 10.6. The van der Waals surface area contributed by atoms with Gasteiger partial charge in [-0.1, -0.05) is 12.1 Å². The molecule has 0 unspecified atom stereocenters. The van der Waals surface area contributed by atoms with Crippen LogP contribution in [0.4, 0.5) is 5.69 Å². The van der Waals surface area contributed by atoms with Crippen molar-refractivity contribution in [2.75, 3.05) is 5.73 Å². The van der Waals surface area contributed by atoms with Crippen molar-refractivity contribution in [2.45, 2.75) is 13.3 Å². The van der Waals surface area contributed by atoms with Gasteiger partial charge in [0.2, 0.25) is 5.91 Å². The van der Waals surface area contributed by atoms with Gasteiger partial charge in [0.25, 0.3) is 0 Å². The van der Waals surface area contributed by atoms with Gasteiger partial charge >= 0.3 is 0 Å². The highest BCUT2D eigenvalue weighted by atomic mass is 16.1. The lowest BCUT2D eigenvalue weighted by Crippen LogP contribution is -2.14. The van der Waals surface area contributed by atoms with Gasteiger partial charge in [-0.25, -0.2) is 0 Å². The molecule has 0 radical (unpaired) electrons. The molecule has 0 aliphatic rings. The van der Waals surface area contributed by atoms with Gasteiger partial charge in [-0.15, -0.1) is 0 Å². The van der Waals surface area contributed by atoms with E-state index in [2.05, 4.69) is 0 Å². The molecule has 12 heavy (non-hydrogen) atoms. The number of hydrogen-bond acceptors (Lipinski definition) is 2. The third-order valence-corrected chi connectivity index (χ3v) is 1.85. The molecular formula is C9H12N2O. The minimum Gasteiger partial charge on any atom is -0.399 e. The Morgan fingerprint density at radius 2 is 2.17 bits per heavy atom. The molecule has 1 aromatic rings. The molecule has 3 nitrogen and oxygen atoms in total. The maximum Gasteiger partial charge on any atom is 0.221 e. The van der Waals surface area contributed by atoms with E-state index in [4.69, 9.17) is 11.5 Å². The second kappa shape index (κ2) is 3.26. The summed E-state index contributed by atoms with van der Waals surface area (Å²) >= 11 is 0. The molecule has 0 aliphatic carbocycles. The van der Waals surface area contributed by atoms with Crippen LogP contribution in [-0.2, 0) is 11.2 Å². The van der Waals surface area contributed by atoms with Gasteiger partial charge in [0.15, 0.2) is 0 Å². The Labute approximate surface area is 71.4 Å². The molecule has 0 bridgehead atoms. The van der Waals surface area contributed by atoms with Gasteiger partial charge in [0, 0.05) is 5.69 Å². The van der Waals surface area contributed by atoms with E-state index in [1.54, 1.807) is 6.07 Å². The fourth-order valence-corrected chi connectivity index (χ4v) is 1.08. The van der Waals surface area contributed by atoms with Crippen molar-refractivity contribution in [1.29, 1.82) is 0 Å². The first-order valence-electron chi connectivity index (χ1n) is 3.73. The van der Waals surface area contributed by atoms with Gasteiger partial charge in [0.1, 0.15) is 0 Å². The first-order chi connectivity index (χ1) is 5.61. The Balaban J connectivity index is 3.00. The molecule has 0 aromatic heterocycles. The Hall–Kier alpha value is -1.51. The van der Waals surface area contributed by atoms with Gasteiger partial charge in [-0.05, 0) is 24.1 Å². The molecule has 1 rings (SSSR count). The van der Waals surface area contributed by atoms with Crippen LogP contribution in [0.1, 0.15) is 11.1 Å². The van der Waals surface area contributed by atoms with E-state index < -0.39 is 0 Å². The predicted octanol–water partition coefficient (Wildman–Crippen LogP) is 0.605. The highest BCUT2D eigenvalue weighted by Crippen LogP contribution is 2.15. The van der Waals surface area contributed by atoms with E-state index in [1.807, 2.05) is 19.1 Å². The van der Waals surface area contributed by atoms with E-state index in [1.165, 1.54) is 0 Å². The van der Waals surface area contributed by atoms with Crippen molar-refractivity contribution < 1.29 is 4.79 Å². The zero-order valence-corrected chi connectivity index (χ0v) is 7.00. The molecule has 0 atom stereocenters. The maximum absolute atomic E-state index is 10.6. The lowest BCUT2D eigenvalue weighted by Gasteiger charge is -2.05. The smallest absolute Gasteiger partial charge is 0.221 e. The first-order valence-corrected chi connectivity index (χ1v) is 3.73. The van der Waals surface area contributed by atoms with Crippen molar-refractivity contribution in [3.8, 4) is 0 Å². The molecule has 1 amide bonds. The summed E-state index contributed by atoms with van der Waals surface area (Å²) in [5.74, 6) is -0.330. The summed E-state index contributed by atoms with van der Waals surface area (Å²) in [6.45, 7) is 1.88. The summed E-state index contributed by atoms with van der Waals surface area (Å²) < 4.78 is 0. The summed E-state index contributed by atoms with van der Waals surface area (Å²) in [7, 11) is 0. The second-order valence-electron chi connectivity index (χ2n) is 2.77. The van der Waals surface area contributed by atoms with Crippen LogP contribution >= 0.6 is 0 Å². The van der Waals surface area contributed by atoms with E-state index in [0.717, 1.165) is 11.1 Å². The molecule has 3 heteroatoms. The van der Waals surface area contributed by atoms with Crippen molar-refractivity contribution in [2.24, 2.45) is 5.73 Å². The van der Waals surface area contributed by atoms with Gasteiger partial charge in [0.05, 0.1) is 6.42 Å². The monoisotopic (exact) mass is 164 g/mol. The van der Waals surface area contributed by atoms with Gasteiger partial charge in [-0.3, -0.25) is 4.79 Å². The SMILES string of the molecule is Cc1c(N)cccc1CC(N)=O. The first kappa shape index (κ1) is 8.59. The number of amides is 1. The Kier molecular flexibility index (Phi) is 2.33. The Morgan fingerprint density at radius 1 is 1.50 bits per heavy atom. The quantitative estimate of drug-likeness (QED) is 0.628. The van der Waals surface area contributed by atoms with Crippen LogP contribution in [0, 0.1) is 6.92 Å². The lowest BCUT2D eigenvalue weighted by atomic mass is 10.0. The number of primary amides is 1. The zero-order valence-electron chi connectivity index (χ0n) is 7.00. The summed E-state index contributed by atoms with van der Waals surface area (Å²) in [5, 5.41) is 0. The molecule has 0 saturated heterocycles. The number of hydrogen-bond donors (Lipinski definition) is 2. The predicted molar refractivity (Wildman–Crippen MR) is 48.5 cm³/mol. The van der Waals surface area contributed by atoms with Crippen LogP contribution in [-0.4, -0.2) is 5.91 Å². The van der Waals surface area contributed by atoms with Crippen LogP contribution in [0.15, 0.2) is 18.2 Å². The minimum absolute atomic E-state index is 0.261. The number of anilines is 1. The average Bonchev–Trinajstić information content (AvgIpc) is 1.98. The van der Waals surface area contributed by atoms with Crippen LogP contribution < -0.4 is 11.5 Å². The molecule has 0 heterocycles. The van der Waals surface area contributed by atoms with Gasteiger partial charge < -0.3 is 11.5 Å². The second-order valence-corrected chi connectivity index (χ2v) is 2.77. The van der Waals surface area contributed by atoms with Crippen LogP contribution in [0.25, 0.3) is 0 Å². The van der Waals surface area contributed by atoms with E-state index in [0.29, 0.717) is 5.69 Å². The normalized spacial score (nSPS) is 9.75. The Morgan fingerprint density at radius 3 is 2.75 bits per heavy atom. The van der Waals surface area contributed by atoms with Crippen molar-refractivity contribution in [1.82, 2.24) is 0 Å².